The van der Waals surface area contributed by atoms with Gasteiger partial charge >= 0.3 is 0 Å². The Morgan fingerprint density at radius 2 is 1.83 bits per heavy atom. The standard InChI is InChI=1S/C18H16ClFN4/c19-13-3-1-12(2-4-13)17-18(22-15-7-5-14(20)6-8-15)24-10-9-21-11-16(24)23-17/h1-8,21-22H,9-11H2. The Morgan fingerprint density at radius 1 is 1.08 bits per heavy atom. The van der Waals surface area contributed by atoms with Crippen LogP contribution in [0, 0.1) is 5.82 Å². The Morgan fingerprint density at radius 3 is 2.58 bits per heavy atom. The van der Waals surface area contributed by atoms with E-state index in [-0.39, 0.29) is 5.82 Å². The van der Waals surface area contributed by atoms with E-state index in [1.165, 1.54) is 12.1 Å². The maximum absolute atomic E-state index is 13.2. The number of benzene rings is 2. The van der Waals surface area contributed by atoms with E-state index in [0.29, 0.717) is 5.02 Å². The SMILES string of the molecule is Fc1ccc(Nc2c(-c3ccc(Cl)cc3)nc3n2CCNC3)cc1. The topological polar surface area (TPSA) is 41.9 Å². The van der Waals surface area contributed by atoms with Gasteiger partial charge in [0.05, 0.1) is 6.54 Å². The van der Waals surface area contributed by atoms with Gasteiger partial charge in [0.15, 0.2) is 0 Å². The molecule has 0 atom stereocenters. The summed E-state index contributed by atoms with van der Waals surface area (Å²) < 4.78 is 15.3. The minimum absolute atomic E-state index is 0.252. The van der Waals surface area contributed by atoms with Crippen LogP contribution in [0.3, 0.4) is 0 Å². The van der Waals surface area contributed by atoms with Crippen molar-refractivity contribution in [1.82, 2.24) is 14.9 Å². The summed E-state index contributed by atoms with van der Waals surface area (Å²) in [6.45, 7) is 2.45. The van der Waals surface area contributed by atoms with Crippen molar-refractivity contribution in [3.8, 4) is 11.3 Å². The molecule has 1 aromatic heterocycles. The van der Waals surface area contributed by atoms with Crippen LogP contribution in [0.25, 0.3) is 11.3 Å². The van der Waals surface area contributed by atoms with Gasteiger partial charge in [-0.3, -0.25) is 0 Å². The van der Waals surface area contributed by atoms with E-state index in [4.69, 9.17) is 16.6 Å². The number of fused-ring (bicyclic) bond motifs is 1. The number of rotatable bonds is 3. The molecule has 24 heavy (non-hydrogen) atoms. The smallest absolute Gasteiger partial charge is 0.138 e. The van der Waals surface area contributed by atoms with Crippen molar-refractivity contribution < 1.29 is 4.39 Å². The van der Waals surface area contributed by atoms with Gasteiger partial charge in [-0.15, -0.1) is 0 Å². The molecule has 0 saturated carbocycles. The van der Waals surface area contributed by atoms with Gasteiger partial charge in [0.25, 0.3) is 0 Å². The first kappa shape index (κ1) is 15.2. The normalized spacial score (nSPS) is 13.6. The van der Waals surface area contributed by atoms with Gasteiger partial charge in [-0.05, 0) is 36.4 Å². The van der Waals surface area contributed by atoms with Gasteiger partial charge in [-0.2, -0.15) is 0 Å². The number of imidazole rings is 1. The fourth-order valence-corrected chi connectivity index (χ4v) is 3.00. The lowest BCUT2D eigenvalue weighted by Crippen LogP contribution is -2.28. The summed E-state index contributed by atoms with van der Waals surface area (Å²) in [5, 5.41) is 7.42. The molecule has 0 bridgehead atoms. The summed E-state index contributed by atoms with van der Waals surface area (Å²) in [4.78, 5) is 4.79. The van der Waals surface area contributed by atoms with Crippen LogP contribution < -0.4 is 10.6 Å². The molecule has 0 amide bonds. The number of nitrogens with one attached hydrogen (secondary N) is 2. The Kier molecular flexibility index (Phi) is 3.96. The van der Waals surface area contributed by atoms with Crippen LogP contribution in [0.15, 0.2) is 48.5 Å². The first-order chi connectivity index (χ1) is 11.7. The highest BCUT2D eigenvalue weighted by Crippen LogP contribution is 2.32. The quantitative estimate of drug-likeness (QED) is 0.750. The third kappa shape index (κ3) is 2.88. The summed E-state index contributed by atoms with van der Waals surface area (Å²) in [6.07, 6.45) is 0. The Balaban J connectivity index is 1.79. The van der Waals surface area contributed by atoms with Crippen molar-refractivity contribution in [3.63, 3.8) is 0 Å². The van der Waals surface area contributed by atoms with Crippen molar-refractivity contribution >= 4 is 23.1 Å². The van der Waals surface area contributed by atoms with Crippen LogP contribution in [0.5, 0.6) is 0 Å². The summed E-state index contributed by atoms with van der Waals surface area (Å²) >= 11 is 6.00. The first-order valence-electron chi connectivity index (χ1n) is 7.79. The van der Waals surface area contributed by atoms with Gasteiger partial charge in [-0.1, -0.05) is 23.7 Å². The third-order valence-corrected chi connectivity index (χ3v) is 4.32. The molecule has 3 aromatic rings. The molecule has 2 N–H and O–H groups in total. The lowest BCUT2D eigenvalue weighted by atomic mass is 10.1. The lowest BCUT2D eigenvalue weighted by molar-refractivity contribution is 0.509. The molecule has 0 aliphatic carbocycles. The molecule has 0 spiro atoms. The molecule has 0 saturated heterocycles. The zero-order chi connectivity index (χ0) is 16.5. The van der Waals surface area contributed by atoms with Crippen molar-refractivity contribution in [2.24, 2.45) is 0 Å². The zero-order valence-corrected chi connectivity index (χ0v) is 13.6. The highest BCUT2D eigenvalue weighted by Gasteiger charge is 2.20. The monoisotopic (exact) mass is 342 g/mol. The van der Waals surface area contributed by atoms with Crippen LogP contribution in [-0.4, -0.2) is 16.1 Å². The van der Waals surface area contributed by atoms with Crippen LogP contribution in [-0.2, 0) is 13.1 Å². The molecule has 0 fully saturated rings. The van der Waals surface area contributed by atoms with Crippen LogP contribution >= 0.6 is 11.6 Å². The van der Waals surface area contributed by atoms with Gasteiger partial charge < -0.3 is 15.2 Å². The van der Waals surface area contributed by atoms with Crippen LogP contribution in [0.2, 0.25) is 5.02 Å². The number of hydrogen-bond acceptors (Lipinski definition) is 3. The molecule has 6 heteroatoms. The van der Waals surface area contributed by atoms with E-state index >= 15 is 0 Å². The molecular formula is C18H16ClFN4. The van der Waals surface area contributed by atoms with E-state index in [2.05, 4.69) is 15.2 Å². The van der Waals surface area contributed by atoms with E-state index in [1.807, 2.05) is 24.3 Å². The third-order valence-electron chi connectivity index (χ3n) is 4.07. The van der Waals surface area contributed by atoms with Crippen molar-refractivity contribution in [2.75, 3.05) is 11.9 Å². The fourth-order valence-electron chi connectivity index (χ4n) is 2.87. The van der Waals surface area contributed by atoms with Gasteiger partial charge in [-0.25, -0.2) is 9.37 Å². The van der Waals surface area contributed by atoms with Crippen LogP contribution in [0.1, 0.15) is 5.82 Å². The molecule has 122 valence electrons. The second kappa shape index (κ2) is 6.26. The molecule has 0 radical (unpaired) electrons. The first-order valence-corrected chi connectivity index (χ1v) is 8.17. The molecule has 2 aromatic carbocycles. The van der Waals surface area contributed by atoms with Crippen LogP contribution in [0.4, 0.5) is 15.9 Å². The van der Waals surface area contributed by atoms with E-state index in [1.54, 1.807) is 12.1 Å². The summed E-state index contributed by atoms with van der Waals surface area (Å²) in [5.41, 5.74) is 2.69. The maximum Gasteiger partial charge on any atom is 0.138 e. The lowest BCUT2D eigenvalue weighted by Gasteiger charge is -2.18. The summed E-state index contributed by atoms with van der Waals surface area (Å²) in [7, 11) is 0. The average Bonchev–Trinajstić information content (AvgIpc) is 2.96. The molecule has 4 rings (SSSR count). The summed E-state index contributed by atoms with van der Waals surface area (Å²) in [6, 6.07) is 14.0. The number of aromatic nitrogens is 2. The van der Waals surface area contributed by atoms with Crippen molar-refractivity contribution in [2.45, 2.75) is 13.1 Å². The van der Waals surface area contributed by atoms with E-state index in [0.717, 1.165) is 48.2 Å². The molecule has 1 aliphatic heterocycles. The predicted octanol–water partition coefficient (Wildman–Crippen LogP) is 4.19. The second-order valence-electron chi connectivity index (χ2n) is 5.69. The second-order valence-corrected chi connectivity index (χ2v) is 6.13. The summed E-state index contributed by atoms with van der Waals surface area (Å²) in [5.74, 6) is 1.65. The van der Waals surface area contributed by atoms with Gasteiger partial charge in [0.2, 0.25) is 0 Å². The van der Waals surface area contributed by atoms with Gasteiger partial charge in [0, 0.05) is 29.4 Å². The molecular weight excluding hydrogens is 327 g/mol. The fraction of sp³-hybridized carbons (Fsp3) is 0.167. The van der Waals surface area contributed by atoms with Gasteiger partial charge in [0.1, 0.15) is 23.2 Å². The number of anilines is 2. The highest BCUT2D eigenvalue weighted by atomic mass is 35.5. The Labute approximate surface area is 144 Å². The number of halogens is 2. The number of hydrogen-bond donors (Lipinski definition) is 2. The zero-order valence-electron chi connectivity index (χ0n) is 12.9. The minimum Gasteiger partial charge on any atom is -0.340 e. The molecule has 2 heterocycles. The maximum atomic E-state index is 13.2. The van der Waals surface area contributed by atoms with E-state index in [9.17, 15) is 4.39 Å². The molecule has 0 unspecified atom stereocenters. The van der Waals surface area contributed by atoms with Crippen molar-refractivity contribution in [3.05, 3.63) is 65.2 Å². The minimum atomic E-state index is -0.252. The van der Waals surface area contributed by atoms with E-state index < -0.39 is 0 Å². The Hall–Kier alpha value is -2.37. The predicted molar refractivity (Wildman–Crippen MR) is 94.1 cm³/mol. The Bertz CT molecular complexity index is 856. The molecule has 1 aliphatic rings. The largest absolute Gasteiger partial charge is 0.340 e. The average molecular weight is 343 g/mol. The highest BCUT2D eigenvalue weighted by molar-refractivity contribution is 6.30. The molecule has 4 nitrogen and oxygen atoms in total. The van der Waals surface area contributed by atoms with Crippen molar-refractivity contribution in [1.29, 1.82) is 0 Å². The number of nitrogens with zero attached hydrogens (tertiary/aromatic N) is 2.